The van der Waals surface area contributed by atoms with Gasteiger partial charge in [0.2, 0.25) is 0 Å². The summed E-state index contributed by atoms with van der Waals surface area (Å²) in [5, 5.41) is 3.73. The maximum atomic E-state index is 13.4. The first-order valence-corrected chi connectivity index (χ1v) is 11.1. The van der Waals surface area contributed by atoms with Crippen molar-refractivity contribution in [3.8, 4) is 5.69 Å². The van der Waals surface area contributed by atoms with Crippen molar-refractivity contribution in [1.82, 2.24) is 19.9 Å². The van der Waals surface area contributed by atoms with E-state index in [0.717, 1.165) is 12.1 Å². The van der Waals surface area contributed by atoms with Crippen LogP contribution in [0.5, 0.6) is 0 Å². The Kier molecular flexibility index (Phi) is 5.75. The molecule has 0 bridgehead atoms. The molecule has 0 aliphatic rings. The van der Waals surface area contributed by atoms with Gasteiger partial charge in [0.25, 0.3) is 11.5 Å². The first kappa shape index (κ1) is 23.2. The molecule has 3 heterocycles. The molecule has 1 atom stereocenters. The molecular formula is C27H19F3N4O2. The van der Waals surface area contributed by atoms with Crippen molar-refractivity contribution in [3.63, 3.8) is 0 Å². The molecule has 3 aromatic heterocycles. The minimum atomic E-state index is -4.49. The van der Waals surface area contributed by atoms with Crippen LogP contribution in [0.25, 0.3) is 27.5 Å². The topological polar surface area (TPSA) is 76.9 Å². The Morgan fingerprint density at radius 1 is 0.917 bits per heavy atom. The smallest absolute Gasteiger partial charge is 0.343 e. The molecule has 2 aromatic carbocycles. The van der Waals surface area contributed by atoms with Crippen LogP contribution in [0.15, 0.2) is 89.9 Å². The number of aromatic nitrogens is 3. The summed E-state index contributed by atoms with van der Waals surface area (Å²) in [6.07, 6.45) is -2.86. The lowest BCUT2D eigenvalue weighted by molar-refractivity contribution is -0.137. The summed E-state index contributed by atoms with van der Waals surface area (Å²) < 4.78 is 40.5. The van der Waals surface area contributed by atoms with Gasteiger partial charge >= 0.3 is 6.18 Å². The summed E-state index contributed by atoms with van der Waals surface area (Å²) in [7, 11) is 0. The zero-order valence-electron chi connectivity index (χ0n) is 19.0. The number of nitrogens with one attached hydrogen (secondary N) is 1. The van der Waals surface area contributed by atoms with E-state index in [2.05, 4.69) is 15.3 Å². The summed E-state index contributed by atoms with van der Waals surface area (Å²) in [5.41, 5.74) is 0.605. The van der Waals surface area contributed by atoms with Crippen LogP contribution in [-0.2, 0) is 6.18 Å². The Bertz CT molecular complexity index is 1650. The number of halogens is 3. The quantitative estimate of drug-likeness (QED) is 0.342. The maximum Gasteiger partial charge on any atom is 0.416 e. The van der Waals surface area contributed by atoms with Crippen LogP contribution in [0.3, 0.4) is 0 Å². The second-order valence-corrected chi connectivity index (χ2v) is 8.24. The molecule has 0 radical (unpaired) electrons. The van der Waals surface area contributed by atoms with Crippen LogP contribution in [0.1, 0.15) is 34.7 Å². The van der Waals surface area contributed by atoms with Crippen molar-refractivity contribution in [2.75, 3.05) is 0 Å². The Morgan fingerprint density at radius 3 is 2.28 bits per heavy atom. The van der Waals surface area contributed by atoms with E-state index in [1.54, 1.807) is 55.6 Å². The molecule has 0 unspecified atom stereocenters. The van der Waals surface area contributed by atoms with E-state index < -0.39 is 23.2 Å². The van der Waals surface area contributed by atoms with Gasteiger partial charge in [0, 0.05) is 22.7 Å². The van der Waals surface area contributed by atoms with Crippen molar-refractivity contribution in [2.45, 2.75) is 19.1 Å². The van der Waals surface area contributed by atoms with E-state index in [1.165, 1.54) is 22.8 Å². The molecule has 0 aliphatic heterocycles. The summed E-state index contributed by atoms with van der Waals surface area (Å²) in [5.74, 6) is -0.425. The van der Waals surface area contributed by atoms with Crippen molar-refractivity contribution >= 4 is 27.7 Å². The van der Waals surface area contributed by atoms with Gasteiger partial charge in [-0.05, 0) is 61.5 Å². The van der Waals surface area contributed by atoms with Gasteiger partial charge in [0.05, 0.1) is 28.3 Å². The Hall–Kier alpha value is -4.53. The highest BCUT2D eigenvalue weighted by molar-refractivity contribution is 6.05. The Balaban J connectivity index is 1.63. The fourth-order valence-electron chi connectivity index (χ4n) is 4.10. The highest BCUT2D eigenvalue weighted by atomic mass is 19.4. The summed E-state index contributed by atoms with van der Waals surface area (Å²) in [4.78, 5) is 35.2. The molecule has 0 aliphatic carbocycles. The molecule has 5 rings (SSSR count). The summed E-state index contributed by atoms with van der Waals surface area (Å²) >= 11 is 0. The van der Waals surface area contributed by atoms with Crippen LogP contribution in [0, 0.1) is 0 Å². The summed E-state index contributed by atoms with van der Waals surface area (Å²) in [6, 6.07) is 19.2. The fourth-order valence-corrected chi connectivity index (χ4v) is 4.10. The lowest BCUT2D eigenvalue weighted by atomic mass is 10.1. The maximum absolute atomic E-state index is 13.4. The van der Waals surface area contributed by atoms with Crippen LogP contribution < -0.4 is 10.9 Å². The van der Waals surface area contributed by atoms with Gasteiger partial charge in [-0.25, -0.2) is 4.98 Å². The molecule has 6 nitrogen and oxygen atoms in total. The van der Waals surface area contributed by atoms with Gasteiger partial charge in [-0.1, -0.05) is 24.3 Å². The fraction of sp³-hybridized carbons (Fsp3) is 0.111. The van der Waals surface area contributed by atoms with Crippen molar-refractivity contribution in [3.05, 3.63) is 112 Å². The van der Waals surface area contributed by atoms with Gasteiger partial charge < -0.3 is 5.32 Å². The minimum Gasteiger partial charge on any atom is -0.343 e. The van der Waals surface area contributed by atoms with Crippen LogP contribution in [0.4, 0.5) is 13.2 Å². The predicted molar refractivity (Wildman–Crippen MR) is 130 cm³/mol. The normalized spacial score (nSPS) is 12.6. The number of pyridine rings is 3. The lowest BCUT2D eigenvalue weighted by Gasteiger charge is -2.16. The molecule has 0 spiro atoms. The van der Waals surface area contributed by atoms with E-state index in [4.69, 9.17) is 0 Å². The number of hydrogen-bond acceptors (Lipinski definition) is 4. The molecule has 5 aromatic rings. The number of amides is 1. The highest BCUT2D eigenvalue weighted by Crippen LogP contribution is 2.30. The number of hydrogen-bond donors (Lipinski definition) is 1. The Labute approximate surface area is 203 Å². The molecule has 1 N–H and O–H groups in total. The predicted octanol–water partition coefficient (Wildman–Crippen LogP) is 5.44. The lowest BCUT2D eigenvalue weighted by Crippen LogP contribution is -2.28. The van der Waals surface area contributed by atoms with Crippen LogP contribution >= 0.6 is 0 Å². The van der Waals surface area contributed by atoms with Gasteiger partial charge in [-0.3, -0.25) is 19.1 Å². The largest absolute Gasteiger partial charge is 0.416 e. The first-order chi connectivity index (χ1) is 17.2. The van der Waals surface area contributed by atoms with E-state index >= 15 is 0 Å². The van der Waals surface area contributed by atoms with Gasteiger partial charge in [-0.2, -0.15) is 13.2 Å². The Morgan fingerprint density at radius 2 is 1.61 bits per heavy atom. The molecule has 9 heteroatoms. The first-order valence-electron chi connectivity index (χ1n) is 11.1. The van der Waals surface area contributed by atoms with Crippen molar-refractivity contribution in [2.24, 2.45) is 0 Å². The van der Waals surface area contributed by atoms with Crippen LogP contribution in [-0.4, -0.2) is 20.4 Å². The third-order valence-corrected chi connectivity index (χ3v) is 5.90. The second kappa shape index (κ2) is 8.92. The number of carbonyl (C=O) groups is 1. The van der Waals surface area contributed by atoms with Crippen LogP contribution in [0.2, 0.25) is 0 Å². The molecule has 0 fully saturated rings. The molecular weight excluding hydrogens is 469 g/mol. The van der Waals surface area contributed by atoms with E-state index in [9.17, 15) is 22.8 Å². The summed E-state index contributed by atoms with van der Waals surface area (Å²) in [6.45, 7) is 1.80. The molecule has 0 saturated heterocycles. The molecule has 180 valence electrons. The zero-order valence-corrected chi connectivity index (χ0v) is 19.0. The van der Waals surface area contributed by atoms with Gasteiger partial charge in [0.1, 0.15) is 5.69 Å². The number of rotatable bonds is 4. The van der Waals surface area contributed by atoms with Gasteiger partial charge in [-0.15, -0.1) is 0 Å². The van der Waals surface area contributed by atoms with Crippen molar-refractivity contribution < 1.29 is 18.0 Å². The highest BCUT2D eigenvalue weighted by Gasteiger charge is 2.30. The number of alkyl halides is 3. The average molecular weight is 488 g/mol. The SMILES string of the molecule is C[C@H](NC(=O)c1ccc2c(n1)c1ccccc1c(=O)n2-c1ccc(C(F)(F)F)cc1)c1ccccn1. The average Bonchev–Trinajstić information content (AvgIpc) is 2.89. The van der Waals surface area contributed by atoms with E-state index in [-0.39, 0.29) is 17.4 Å². The second-order valence-electron chi connectivity index (χ2n) is 8.24. The molecule has 36 heavy (non-hydrogen) atoms. The number of carbonyl (C=O) groups excluding carboxylic acids is 1. The molecule has 1 amide bonds. The third kappa shape index (κ3) is 4.19. The molecule has 0 saturated carbocycles. The van der Waals surface area contributed by atoms with E-state index in [1.807, 2.05) is 6.07 Å². The monoisotopic (exact) mass is 488 g/mol. The number of fused-ring (bicyclic) bond motifs is 3. The van der Waals surface area contributed by atoms with Gasteiger partial charge in [0.15, 0.2) is 0 Å². The zero-order chi connectivity index (χ0) is 25.4. The van der Waals surface area contributed by atoms with Crippen molar-refractivity contribution in [1.29, 1.82) is 0 Å². The number of nitrogens with zero attached hydrogens (tertiary/aromatic N) is 3. The third-order valence-electron chi connectivity index (χ3n) is 5.90. The standard InChI is InChI=1S/C27H19F3N4O2/c1-16(21-8-4-5-15-31-21)32-25(35)22-13-14-23-24(33-22)19-6-2-3-7-20(19)26(36)34(23)18-11-9-17(10-12-18)27(28,29)30/h2-16H,1H3,(H,32,35)/t16-/m0/s1. The minimum absolute atomic E-state index is 0.132. The number of benzene rings is 2. The van der Waals surface area contributed by atoms with E-state index in [0.29, 0.717) is 27.5 Å².